The Kier molecular flexibility index (Phi) is 4.86. The van der Waals surface area contributed by atoms with Crippen molar-refractivity contribution in [2.45, 2.75) is 25.6 Å². The highest BCUT2D eigenvalue weighted by atomic mass is 31.2. The molecule has 0 aromatic heterocycles. The Morgan fingerprint density at radius 2 is 1.81 bits per heavy atom. The van der Waals surface area contributed by atoms with Crippen LogP contribution in [-0.4, -0.2) is 38.6 Å². The van der Waals surface area contributed by atoms with Crippen molar-refractivity contribution in [2.75, 3.05) is 0 Å². The van der Waals surface area contributed by atoms with E-state index in [2.05, 4.69) is 11.3 Å². The third-order valence-corrected chi connectivity index (χ3v) is 3.07. The zero-order valence-electron chi connectivity index (χ0n) is 8.78. The summed E-state index contributed by atoms with van der Waals surface area (Å²) >= 11 is 0. The van der Waals surface area contributed by atoms with Crippen molar-refractivity contribution in [3.05, 3.63) is 12.2 Å². The molecule has 7 nitrogen and oxygen atoms in total. The lowest BCUT2D eigenvalue weighted by Crippen LogP contribution is -2.35. The van der Waals surface area contributed by atoms with Crippen molar-refractivity contribution < 1.29 is 33.8 Å². The maximum Gasteiger partial charge on any atom is 0.343 e. The molecule has 0 spiro atoms. The fraction of sp³-hybridized carbons (Fsp3) is 0.500. The molecular formula is C8H13O7P. The largest absolute Gasteiger partial charge is 0.480 e. The fourth-order valence-electron chi connectivity index (χ4n) is 0.952. The number of hydrogen-bond donors (Lipinski definition) is 3. The van der Waals surface area contributed by atoms with Gasteiger partial charge in [-0.15, -0.1) is 0 Å². The maximum absolute atomic E-state index is 11.0. The maximum atomic E-state index is 11.0. The first-order valence-electron chi connectivity index (χ1n) is 4.22. The summed E-state index contributed by atoms with van der Waals surface area (Å²) in [4.78, 5) is 39.2. The van der Waals surface area contributed by atoms with Crippen molar-refractivity contribution in [2.24, 2.45) is 0 Å². The van der Waals surface area contributed by atoms with Gasteiger partial charge in [0.15, 0.2) is 5.66 Å². The summed E-state index contributed by atoms with van der Waals surface area (Å²) in [5.74, 6) is -2.62. The van der Waals surface area contributed by atoms with Gasteiger partial charge in [0, 0.05) is 5.57 Å². The molecule has 16 heavy (non-hydrogen) atoms. The number of esters is 1. The average Bonchev–Trinajstić information content (AvgIpc) is 1.99. The van der Waals surface area contributed by atoms with Gasteiger partial charge in [0.2, 0.25) is 0 Å². The van der Waals surface area contributed by atoms with E-state index in [9.17, 15) is 14.2 Å². The SMILES string of the molecule is C=C(C)C(=O)OC(C)C(C(=O)O)P(=O)(O)O. The van der Waals surface area contributed by atoms with Crippen molar-refractivity contribution in [1.82, 2.24) is 0 Å². The second-order valence-corrected chi connectivity index (χ2v) is 5.00. The number of carboxylic acids is 1. The number of rotatable bonds is 5. The Morgan fingerprint density at radius 3 is 2.06 bits per heavy atom. The van der Waals surface area contributed by atoms with Gasteiger partial charge in [0.25, 0.3) is 0 Å². The van der Waals surface area contributed by atoms with E-state index < -0.39 is 31.3 Å². The van der Waals surface area contributed by atoms with Gasteiger partial charge in [0.05, 0.1) is 0 Å². The number of ether oxygens (including phenoxy) is 1. The molecule has 0 fully saturated rings. The minimum absolute atomic E-state index is 0.0155. The smallest absolute Gasteiger partial charge is 0.343 e. The summed E-state index contributed by atoms with van der Waals surface area (Å²) in [6.07, 6.45) is -1.44. The van der Waals surface area contributed by atoms with Crippen molar-refractivity contribution in [3.8, 4) is 0 Å². The monoisotopic (exact) mass is 252 g/mol. The molecule has 8 heteroatoms. The molecule has 0 heterocycles. The molecular weight excluding hydrogens is 239 g/mol. The summed E-state index contributed by atoms with van der Waals surface area (Å²) in [7, 11) is -4.88. The summed E-state index contributed by atoms with van der Waals surface area (Å²) in [6, 6.07) is 0. The molecule has 0 aliphatic rings. The lowest BCUT2D eigenvalue weighted by Gasteiger charge is -2.21. The molecule has 0 rings (SSSR count). The average molecular weight is 252 g/mol. The van der Waals surface area contributed by atoms with E-state index in [4.69, 9.17) is 14.9 Å². The molecule has 92 valence electrons. The molecule has 0 aliphatic carbocycles. The van der Waals surface area contributed by atoms with E-state index in [1.165, 1.54) is 6.92 Å². The van der Waals surface area contributed by atoms with Gasteiger partial charge < -0.3 is 19.6 Å². The highest BCUT2D eigenvalue weighted by molar-refractivity contribution is 7.53. The van der Waals surface area contributed by atoms with Gasteiger partial charge in [0.1, 0.15) is 6.10 Å². The Bertz CT molecular complexity index is 355. The zero-order chi connectivity index (χ0) is 13.1. The van der Waals surface area contributed by atoms with Crippen LogP contribution in [0.1, 0.15) is 13.8 Å². The van der Waals surface area contributed by atoms with Crippen molar-refractivity contribution in [3.63, 3.8) is 0 Å². The fourth-order valence-corrected chi connectivity index (χ4v) is 1.85. The van der Waals surface area contributed by atoms with Gasteiger partial charge >= 0.3 is 19.5 Å². The molecule has 2 unspecified atom stereocenters. The van der Waals surface area contributed by atoms with Crippen LogP contribution in [0.15, 0.2) is 12.2 Å². The van der Waals surface area contributed by atoms with Crippen LogP contribution in [0, 0.1) is 0 Å². The van der Waals surface area contributed by atoms with E-state index in [-0.39, 0.29) is 5.57 Å². The Morgan fingerprint density at radius 1 is 1.38 bits per heavy atom. The van der Waals surface area contributed by atoms with E-state index in [1.807, 2.05) is 0 Å². The lowest BCUT2D eigenvalue weighted by molar-refractivity contribution is -0.148. The molecule has 0 bridgehead atoms. The summed E-state index contributed by atoms with van der Waals surface area (Å²) in [6.45, 7) is 5.69. The predicted octanol–water partition coefficient (Wildman–Crippen LogP) is 0.125. The lowest BCUT2D eigenvalue weighted by atomic mass is 10.2. The molecule has 0 amide bonds. The zero-order valence-corrected chi connectivity index (χ0v) is 9.68. The van der Waals surface area contributed by atoms with Crippen LogP contribution >= 0.6 is 7.60 Å². The number of carboxylic acid groups (broad SMARTS) is 1. The van der Waals surface area contributed by atoms with E-state index in [0.717, 1.165) is 6.92 Å². The van der Waals surface area contributed by atoms with Gasteiger partial charge in [-0.25, -0.2) is 4.79 Å². The van der Waals surface area contributed by atoms with Gasteiger partial charge in [-0.05, 0) is 13.8 Å². The first-order valence-corrected chi connectivity index (χ1v) is 5.90. The third kappa shape index (κ3) is 4.14. The van der Waals surface area contributed by atoms with Crippen LogP contribution < -0.4 is 0 Å². The third-order valence-electron chi connectivity index (χ3n) is 1.70. The topological polar surface area (TPSA) is 121 Å². The highest BCUT2D eigenvalue weighted by Gasteiger charge is 2.42. The standard InChI is InChI=1S/C8H13O7P/c1-4(2)8(11)15-5(3)6(7(9)10)16(12,13)14/h5-6H,1H2,2-3H3,(H,9,10)(H2,12,13,14). The molecule has 2 atom stereocenters. The van der Waals surface area contributed by atoms with Crippen LogP contribution in [-0.2, 0) is 18.9 Å². The molecule has 0 radical (unpaired) electrons. The van der Waals surface area contributed by atoms with E-state index in [1.54, 1.807) is 0 Å². The molecule has 0 aliphatic heterocycles. The molecule has 0 aromatic rings. The Balaban J connectivity index is 4.85. The number of hydrogen-bond acceptors (Lipinski definition) is 4. The summed E-state index contributed by atoms with van der Waals surface area (Å²) < 4.78 is 15.4. The van der Waals surface area contributed by atoms with Crippen molar-refractivity contribution >= 4 is 19.5 Å². The summed E-state index contributed by atoms with van der Waals surface area (Å²) in [5.41, 5.74) is -2.06. The molecule has 0 saturated carbocycles. The number of aliphatic carboxylic acids is 1. The Hall–Kier alpha value is -1.17. The van der Waals surface area contributed by atoms with Crippen LogP contribution in [0.2, 0.25) is 0 Å². The van der Waals surface area contributed by atoms with Crippen LogP contribution in [0.5, 0.6) is 0 Å². The second kappa shape index (κ2) is 5.25. The van der Waals surface area contributed by atoms with Gasteiger partial charge in [-0.2, -0.15) is 0 Å². The van der Waals surface area contributed by atoms with Crippen LogP contribution in [0.3, 0.4) is 0 Å². The van der Waals surface area contributed by atoms with Gasteiger partial charge in [-0.1, -0.05) is 6.58 Å². The molecule has 3 N–H and O–H groups in total. The van der Waals surface area contributed by atoms with Gasteiger partial charge in [-0.3, -0.25) is 9.36 Å². The molecule has 0 saturated heterocycles. The van der Waals surface area contributed by atoms with Crippen molar-refractivity contribution in [1.29, 1.82) is 0 Å². The minimum Gasteiger partial charge on any atom is -0.480 e. The minimum atomic E-state index is -4.88. The molecule has 0 aromatic carbocycles. The normalized spacial score (nSPS) is 15.0. The number of carbonyl (C=O) groups is 2. The Labute approximate surface area is 91.9 Å². The summed E-state index contributed by atoms with van der Waals surface area (Å²) in [5, 5.41) is 8.62. The first-order chi connectivity index (χ1) is 7.07. The second-order valence-electron chi connectivity index (χ2n) is 3.26. The highest BCUT2D eigenvalue weighted by Crippen LogP contribution is 2.43. The quantitative estimate of drug-likeness (QED) is 0.361. The van der Waals surface area contributed by atoms with Crippen LogP contribution in [0.25, 0.3) is 0 Å². The number of carbonyl (C=O) groups excluding carboxylic acids is 1. The predicted molar refractivity (Wildman–Crippen MR) is 53.8 cm³/mol. The first kappa shape index (κ1) is 14.8. The van der Waals surface area contributed by atoms with E-state index in [0.29, 0.717) is 0 Å². The van der Waals surface area contributed by atoms with E-state index >= 15 is 0 Å². The van der Waals surface area contributed by atoms with Crippen LogP contribution in [0.4, 0.5) is 0 Å².